The Kier molecular flexibility index (Phi) is 11.1. The second-order valence-corrected chi connectivity index (χ2v) is 14.2. The quantitative estimate of drug-likeness (QED) is 0.386. The molecular formula is C30H50N4O6S. The Bertz CT molecular complexity index is 1110. The second-order valence-electron chi connectivity index (χ2n) is 12.4. The number of hydrogen-bond acceptors (Lipinski definition) is 8. The van der Waals surface area contributed by atoms with Crippen molar-refractivity contribution in [3.63, 3.8) is 0 Å². The van der Waals surface area contributed by atoms with Crippen LogP contribution in [-0.4, -0.2) is 131 Å². The molecule has 1 amide bonds. The van der Waals surface area contributed by atoms with E-state index in [1.54, 1.807) is 33.1 Å². The van der Waals surface area contributed by atoms with Gasteiger partial charge in [-0.2, -0.15) is 4.31 Å². The number of benzene rings is 1. The summed E-state index contributed by atoms with van der Waals surface area (Å²) in [5, 5.41) is 0. The first-order valence-corrected chi connectivity index (χ1v) is 16.6. The molecule has 0 radical (unpaired) electrons. The minimum absolute atomic E-state index is 0.0497. The standard InChI is InChI=1S/C30H50N4O6S/c1-24-18-27(38-5)19-25(2)29(24)41(36,37)34-23-30(3,4)40-21-26(34)20-39-22-28(35)33-16-14-32(15-17-33)13-9-12-31-10-7-6-8-11-31/h18-19,26H,6-17,20-23H2,1-5H3/t26-/m1/s1. The summed E-state index contributed by atoms with van der Waals surface area (Å²) in [7, 11) is -2.28. The van der Waals surface area contributed by atoms with Crippen molar-refractivity contribution in [2.24, 2.45) is 0 Å². The largest absolute Gasteiger partial charge is 0.497 e. The number of methoxy groups -OCH3 is 1. The Hall–Kier alpha value is -1.76. The molecule has 0 aliphatic carbocycles. The molecule has 232 valence electrons. The number of hydrogen-bond donors (Lipinski definition) is 0. The van der Waals surface area contributed by atoms with Gasteiger partial charge in [0.2, 0.25) is 15.9 Å². The first kappa shape index (κ1) is 32.2. The number of ether oxygens (including phenoxy) is 3. The van der Waals surface area contributed by atoms with Crippen LogP contribution in [-0.2, 0) is 24.3 Å². The predicted molar refractivity (Wildman–Crippen MR) is 159 cm³/mol. The molecule has 1 aromatic carbocycles. The predicted octanol–water partition coefficient (Wildman–Crippen LogP) is 2.52. The van der Waals surface area contributed by atoms with Crippen LogP contribution < -0.4 is 4.74 Å². The lowest BCUT2D eigenvalue weighted by Gasteiger charge is -2.43. The molecule has 3 heterocycles. The van der Waals surface area contributed by atoms with Crippen molar-refractivity contribution in [1.82, 2.24) is 19.0 Å². The highest BCUT2D eigenvalue weighted by Crippen LogP contribution is 2.32. The molecule has 0 spiro atoms. The van der Waals surface area contributed by atoms with Crippen LogP contribution >= 0.6 is 0 Å². The molecule has 0 N–H and O–H groups in total. The van der Waals surface area contributed by atoms with Gasteiger partial charge in [-0.05, 0) is 96.4 Å². The summed E-state index contributed by atoms with van der Waals surface area (Å²) in [4.78, 5) is 20.1. The molecule has 3 aliphatic rings. The van der Waals surface area contributed by atoms with Crippen LogP contribution in [0.4, 0.5) is 0 Å². The third-order valence-corrected chi connectivity index (χ3v) is 10.7. The lowest BCUT2D eigenvalue weighted by Crippen LogP contribution is -2.57. The van der Waals surface area contributed by atoms with E-state index in [1.807, 2.05) is 18.7 Å². The maximum atomic E-state index is 14.0. The van der Waals surface area contributed by atoms with Crippen LogP contribution in [0.1, 0.15) is 50.7 Å². The van der Waals surface area contributed by atoms with Gasteiger partial charge in [-0.25, -0.2) is 8.42 Å². The second kappa shape index (κ2) is 14.1. The van der Waals surface area contributed by atoms with E-state index in [0.29, 0.717) is 30.0 Å². The fourth-order valence-corrected chi connectivity index (χ4v) is 8.38. The van der Waals surface area contributed by atoms with Crippen molar-refractivity contribution in [2.75, 3.05) is 85.8 Å². The average Bonchev–Trinajstić information content (AvgIpc) is 2.94. The van der Waals surface area contributed by atoms with E-state index in [2.05, 4.69) is 9.80 Å². The zero-order valence-electron chi connectivity index (χ0n) is 25.7. The van der Waals surface area contributed by atoms with Crippen LogP contribution in [0.3, 0.4) is 0 Å². The highest BCUT2D eigenvalue weighted by molar-refractivity contribution is 7.89. The fraction of sp³-hybridized carbons (Fsp3) is 0.767. The number of morpholine rings is 1. The normalized spacial score (nSPS) is 23.0. The first-order valence-electron chi connectivity index (χ1n) is 15.1. The smallest absolute Gasteiger partial charge is 0.248 e. The van der Waals surface area contributed by atoms with Gasteiger partial charge in [0, 0.05) is 32.7 Å². The zero-order valence-corrected chi connectivity index (χ0v) is 26.5. The molecule has 1 atom stereocenters. The van der Waals surface area contributed by atoms with Crippen molar-refractivity contribution < 1.29 is 27.4 Å². The molecule has 3 aliphatic heterocycles. The number of aryl methyl sites for hydroxylation is 2. The van der Waals surface area contributed by atoms with Gasteiger partial charge in [-0.1, -0.05) is 6.42 Å². The van der Waals surface area contributed by atoms with Gasteiger partial charge in [-0.15, -0.1) is 0 Å². The van der Waals surface area contributed by atoms with E-state index in [-0.39, 0.29) is 37.2 Å². The Morgan fingerprint density at radius 3 is 2.20 bits per heavy atom. The topological polar surface area (TPSA) is 91.9 Å². The van der Waals surface area contributed by atoms with Crippen molar-refractivity contribution in [3.8, 4) is 5.75 Å². The van der Waals surface area contributed by atoms with Gasteiger partial charge >= 0.3 is 0 Å². The highest BCUT2D eigenvalue weighted by atomic mass is 32.2. The van der Waals surface area contributed by atoms with E-state index >= 15 is 0 Å². The molecule has 4 rings (SSSR count). The van der Waals surface area contributed by atoms with Crippen molar-refractivity contribution >= 4 is 15.9 Å². The molecule has 0 aromatic heterocycles. The zero-order chi connectivity index (χ0) is 29.6. The molecule has 0 bridgehead atoms. The lowest BCUT2D eigenvalue weighted by atomic mass is 10.1. The van der Waals surface area contributed by atoms with Crippen molar-refractivity contribution in [2.45, 2.75) is 69.9 Å². The number of sulfonamides is 1. The minimum atomic E-state index is -3.85. The number of carbonyl (C=O) groups is 1. The Morgan fingerprint density at radius 2 is 1.59 bits per heavy atom. The van der Waals surface area contributed by atoms with Crippen LogP contribution in [0.5, 0.6) is 5.75 Å². The SMILES string of the molecule is COc1cc(C)c(S(=O)(=O)N2CC(C)(C)OC[C@H]2COCC(=O)N2CCN(CCCN3CCCCC3)CC2)c(C)c1. The third-order valence-electron chi connectivity index (χ3n) is 8.50. The van der Waals surface area contributed by atoms with Crippen LogP contribution in [0.25, 0.3) is 0 Å². The monoisotopic (exact) mass is 594 g/mol. The number of carbonyl (C=O) groups excluding carboxylic acids is 1. The summed E-state index contributed by atoms with van der Waals surface area (Å²) in [5.41, 5.74) is 0.625. The van der Waals surface area contributed by atoms with E-state index in [9.17, 15) is 13.2 Å². The van der Waals surface area contributed by atoms with Crippen LogP contribution in [0.15, 0.2) is 17.0 Å². The maximum Gasteiger partial charge on any atom is 0.248 e. The number of rotatable bonds is 11. The van der Waals surface area contributed by atoms with Crippen molar-refractivity contribution in [1.29, 1.82) is 0 Å². The molecule has 3 saturated heterocycles. The molecule has 11 heteroatoms. The van der Waals surface area contributed by atoms with Gasteiger partial charge in [-0.3, -0.25) is 9.69 Å². The number of piperazine rings is 1. The maximum absolute atomic E-state index is 14.0. The van der Waals surface area contributed by atoms with E-state index in [4.69, 9.17) is 14.2 Å². The summed E-state index contributed by atoms with van der Waals surface area (Å²) >= 11 is 0. The molecule has 1 aromatic rings. The van der Waals surface area contributed by atoms with E-state index in [0.717, 1.165) is 19.6 Å². The number of piperidine rings is 1. The summed E-state index contributed by atoms with van der Waals surface area (Å²) in [6, 6.07) is 2.95. The molecule has 0 saturated carbocycles. The number of likely N-dealkylation sites (tertiary alicyclic amines) is 1. The van der Waals surface area contributed by atoms with Crippen LogP contribution in [0, 0.1) is 13.8 Å². The van der Waals surface area contributed by atoms with Gasteiger partial charge in [0.25, 0.3) is 0 Å². The Morgan fingerprint density at radius 1 is 0.976 bits per heavy atom. The molecular weight excluding hydrogens is 544 g/mol. The Labute approximate surface area is 246 Å². The highest BCUT2D eigenvalue weighted by Gasteiger charge is 2.42. The molecule has 41 heavy (non-hydrogen) atoms. The van der Waals surface area contributed by atoms with Gasteiger partial charge in [0.15, 0.2) is 0 Å². The number of amides is 1. The van der Waals surface area contributed by atoms with E-state index in [1.165, 1.54) is 49.6 Å². The Balaban J connectivity index is 1.28. The number of nitrogens with zero attached hydrogens (tertiary/aromatic N) is 4. The first-order chi connectivity index (χ1) is 19.5. The van der Waals surface area contributed by atoms with Gasteiger partial charge < -0.3 is 24.0 Å². The summed E-state index contributed by atoms with van der Waals surface area (Å²) in [5.74, 6) is 0.573. The third kappa shape index (κ3) is 8.42. The molecule has 10 nitrogen and oxygen atoms in total. The van der Waals surface area contributed by atoms with E-state index < -0.39 is 21.7 Å². The lowest BCUT2D eigenvalue weighted by molar-refractivity contribution is -0.140. The van der Waals surface area contributed by atoms with Crippen LogP contribution in [0.2, 0.25) is 0 Å². The fourth-order valence-electron chi connectivity index (χ4n) is 6.22. The van der Waals surface area contributed by atoms with Gasteiger partial charge in [0.05, 0.1) is 36.9 Å². The summed E-state index contributed by atoms with van der Waals surface area (Å²) in [6.45, 7) is 15.6. The summed E-state index contributed by atoms with van der Waals surface area (Å²) in [6.07, 6.45) is 5.19. The average molecular weight is 595 g/mol. The summed E-state index contributed by atoms with van der Waals surface area (Å²) < 4.78 is 46.6. The van der Waals surface area contributed by atoms with Gasteiger partial charge in [0.1, 0.15) is 12.4 Å². The van der Waals surface area contributed by atoms with Crippen molar-refractivity contribution in [3.05, 3.63) is 23.3 Å². The minimum Gasteiger partial charge on any atom is -0.497 e. The molecule has 0 unspecified atom stereocenters. The molecule has 3 fully saturated rings.